The highest BCUT2D eigenvalue weighted by Gasteiger charge is 2.24. The molecule has 0 radical (unpaired) electrons. The standard InChI is InChI=1S/C15H22N2O5S/c1-3-17(15(18)8-9-16-23(2,19)20)10-12-11-21-13-6-4-5-7-14(13)22-12/h4-7,12,16H,3,8-11H2,1-2H3/t12-/m1/s1. The molecule has 23 heavy (non-hydrogen) atoms. The average Bonchev–Trinajstić information content (AvgIpc) is 2.51. The van der Waals surface area contributed by atoms with Crippen LogP contribution >= 0.6 is 0 Å². The van der Waals surface area contributed by atoms with Crippen molar-refractivity contribution < 1.29 is 22.7 Å². The SMILES string of the molecule is CCN(C[C@@H]1COc2ccccc2O1)C(=O)CCNS(C)(=O)=O. The molecule has 0 bridgehead atoms. The number of rotatable bonds is 7. The molecule has 0 saturated heterocycles. The summed E-state index contributed by atoms with van der Waals surface area (Å²) < 4.78 is 35.8. The maximum absolute atomic E-state index is 12.2. The molecule has 7 nitrogen and oxygen atoms in total. The third kappa shape index (κ3) is 5.40. The Morgan fingerprint density at radius 1 is 1.35 bits per heavy atom. The number of nitrogens with zero attached hydrogens (tertiary/aromatic N) is 1. The number of carbonyl (C=O) groups is 1. The lowest BCUT2D eigenvalue weighted by molar-refractivity contribution is -0.132. The lowest BCUT2D eigenvalue weighted by Crippen LogP contribution is -2.44. The van der Waals surface area contributed by atoms with Crippen molar-refractivity contribution >= 4 is 15.9 Å². The van der Waals surface area contributed by atoms with Crippen LogP contribution in [0.25, 0.3) is 0 Å². The molecule has 0 spiro atoms. The van der Waals surface area contributed by atoms with E-state index in [2.05, 4.69) is 4.72 Å². The van der Waals surface area contributed by atoms with E-state index in [0.717, 1.165) is 6.26 Å². The predicted molar refractivity (Wildman–Crippen MR) is 86.1 cm³/mol. The molecule has 1 N–H and O–H groups in total. The molecule has 0 unspecified atom stereocenters. The van der Waals surface area contributed by atoms with Crippen molar-refractivity contribution in [2.45, 2.75) is 19.4 Å². The topological polar surface area (TPSA) is 84.9 Å². The molecule has 0 fully saturated rings. The largest absolute Gasteiger partial charge is 0.486 e. The first-order valence-corrected chi connectivity index (χ1v) is 9.39. The van der Waals surface area contributed by atoms with Gasteiger partial charge < -0.3 is 14.4 Å². The Morgan fingerprint density at radius 2 is 2.04 bits per heavy atom. The molecule has 128 valence electrons. The van der Waals surface area contributed by atoms with Crippen molar-refractivity contribution in [1.29, 1.82) is 0 Å². The maximum Gasteiger partial charge on any atom is 0.224 e. The highest BCUT2D eigenvalue weighted by molar-refractivity contribution is 7.88. The lowest BCUT2D eigenvalue weighted by atomic mass is 10.2. The van der Waals surface area contributed by atoms with Crippen LogP contribution in [0.1, 0.15) is 13.3 Å². The zero-order valence-corrected chi connectivity index (χ0v) is 14.1. The molecule has 1 amide bonds. The van der Waals surface area contributed by atoms with E-state index in [1.807, 2.05) is 31.2 Å². The van der Waals surface area contributed by atoms with Crippen molar-refractivity contribution in [2.75, 3.05) is 32.5 Å². The van der Waals surface area contributed by atoms with Gasteiger partial charge in [-0.25, -0.2) is 13.1 Å². The second kappa shape index (κ2) is 7.65. The van der Waals surface area contributed by atoms with E-state index in [9.17, 15) is 13.2 Å². The molecule has 1 atom stereocenters. The van der Waals surface area contributed by atoms with Gasteiger partial charge in [0.05, 0.1) is 12.8 Å². The zero-order valence-electron chi connectivity index (χ0n) is 13.3. The van der Waals surface area contributed by atoms with Gasteiger partial charge in [0.15, 0.2) is 17.6 Å². The number of nitrogens with one attached hydrogen (secondary N) is 1. The molecule has 1 aliphatic heterocycles. The molecular weight excluding hydrogens is 320 g/mol. The number of para-hydroxylation sites is 2. The Hall–Kier alpha value is -1.80. The van der Waals surface area contributed by atoms with Crippen molar-refractivity contribution in [3.63, 3.8) is 0 Å². The number of benzene rings is 1. The van der Waals surface area contributed by atoms with Gasteiger partial charge in [0, 0.05) is 19.5 Å². The maximum atomic E-state index is 12.2. The number of ether oxygens (including phenoxy) is 2. The number of amides is 1. The van der Waals surface area contributed by atoms with E-state index in [1.165, 1.54) is 0 Å². The summed E-state index contributed by atoms with van der Waals surface area (Å²) in [4.78, 5) is 13.8. The summed E-state index contributed by atoms with van der Waals surface area (Å²) in [6.07, 6.45) is 0.946. The minimum Gasteiger partial charge on any atom is -0.486 e. The number of fused-ring (bicyclic) bond motifs is 1. The Labute approximate surface area is 136 Å². The fourth-order valence-electron chi connectivity index (χ4n) is 2.31. The third-order valence-electron chi connectivity index (χ3n) is 3.43. The molecule has 8 heteroatoms. The fourth-order valence-corrected chi connectivity index (χ4v) is 2.78. The quantitative estimate of drug-likeness (QED) is 0.785. The third-order valence-corrected chi connectivity index (χ3v) is 4.16. The van der Waals surface area contributed by atoms with Crippen molar-refractivity contribution in [3.05, 3.63) is 24.3 Å². The molecule has 1 aromatic rings. The van der Waals surface area contributed by atoms with Crippen LogP contribution in [0.4, 0.5) is 0 Å². The number of carbonyl (C=O) groups excluding carboxylic acids is 1. The zero-order chi connectivity index (χ0) is 16.9. The molecule has 0 saturated carbocycles. The molecule has 1 aliphatic rings. The summed E-state index contributed by atoms with van der Waals surface area (Å²) >= 11 is 0. The van der Waals surface area contributed by atoms with Gasteiger partial charge in [-0.05, 0) is 19.1 Å². The minimum atomic E-state index is -3.28. The Bertz CT molecular complexity index is 647. The Morgan fingerprint density at radius 3 is 2.70 bits per heavy atom. The van der Waals surface area contributed by atoms with E-state index < -0.39 is 10.0 Å². The summed E-state index contributed by atoms with van der Waals surface area (Å²) in [7, 11) is -3.28. The Kier molecular flexibility index (Phi) is 5.84. The summed E-state index contributed by atoms with van der Waals surface area (Å²) in [5.41, 5.74) is 0. The Balaban J connectivity index is 1.86. The van der Waals surface area contributed by atoms with E-state index in [4.69, 9.17) is 9.47 Å². The van der Waals surface area contributed by atoms with Gasteiger partial charge in [0.1, 0.15) is 6.61 Å². The number of sulfonamides is 1. The van der Waals surface area contributed by atoms with Crippen LogP contribution in [-0.2, 0) is 14.8 Å². The molecule has 0 aromatic heterocycles. The van der Waals surface area contributed by atoms with Gasteiger partial charge in [-0.1, -0.05) is 12.1 Å². The monoisotopic (exact) mass is 342 g/mol. The highest BCUT2D eigenvalue weighted by Crippen LogP contribution is 2.30. The second-order valence-corrected chi connectivity index (χ2v) is 7.18. The van der Waals surface area contributed by atoms with Crippen LogP contribution in [0.5, 0.6) is 11.5 Å². The van der Waals surface area contributed by atoms with E-state index in [1.54, 1.807) is 4.90 Å². The first kappa shape index (κ1) is 17.6. The van der Waals surface area contributed by atoms with Gasteiger partial charge in [-0.2, -0.15) is 0 Å². The van der Waals surface area contributed by atoms with Crippen LogP contribution in [0, 0.1) is 0 Å². The molecule has 2 rings (SSSR count). The summed E-state index contributed by atoms with van der Waals surface area (Å²) in [6, 6.07) is 7.41. The van der Waals surface area contributed by atoms with Crippen LogP contribution in [0.3, 0.4) is 0 Å². The minimum absolute atomic E-state index is 0.0963. The van der Waals surface area contributed by atoms with Gasteiger partial charge in [0.25, 0.3) is 0 Å². The average molecular weight is 342 g/mol. The first-order valence-electron chi connectivity index (χ1n) is 7.50. The van der Waals surface area contributed by atoms with Crippen LogP contribution in [0.2, 0.25) is 0 Å². The van der Waals surface area contributed by atoms with Crippen LogP contribution in [-0.4, -0.2) is 57.8 Å². The molecule has 0 aliphatic carbocycles. The van der Waals surface area contributed by atoms with Crippen LogP contribution < -0.4 is 14.2 Å². The van der Waals surface area contributed by atoms with Crippen molar-refractivity contribution in [2.24, 2.45) is 0 Å². The predicted octanol–water partition coefficient (Wildman–Crippen LogP) is 0.614. The van der Waals surface area contributed by atoms with Gasteiger partial charge in [-0.15, -0.1) is 0 Å². The van der Waals surface area contributed by atoms with E-state index in [0.29, 0.717) is 31.2 Å². The molecular formula is C15H22N2O5S. The lowest BCUT2D eigenvalue weighted by Gasteiger charge is -2.31. The van der Waals surface area contributed by atoms with Crippen molar-refractivity contribution in [1.82, 2.24) is 9.62 Å². The summed E-state index contributed by atoms with van der Waals surface area (Å²) in [5.74, 6) is 1.26. The van der Waals surface area contributed by atoms with Crippen LogP contribution in [0.15, 0.2) is 24.3 Å². The summed E-state index contributed by atoms with van der Waals surface area (Å²) in [6.45, 7) is 3.28. The number of hydrogen-bond donors (Lipinski definition) is 1. The fraction of sp³-hybridized carbons (Fsp3) is 0.533. The highest BCUT2D eigenvalue weighted by atomic mass is 32.2. The second-order valence-electron chi connectivity index (χ2n) is 5.35. The smallest absolute Gasteiger partial charge is 0.224 e. The normalized spacial score (nSPS) is 16.9. The summed E-state index contributed by atoms with van der Waals surface area (Å²) in [5, 5.41) is 0. The van der Waals surface area contributed by atoms with Gasteiger partial charge >= 0.3 is 0 Å². The number of likely N-dealkylation sites (N-methyl/N-ethyl adjacent to an activating group) is 1. The molecule has 1 heterocycles. The van der Waals surface area contributed by atoms with E-state index in [-0.39, 0.29) is 25.0 Å². The number of hydrogen-bond acceptors (Lipinski definition) is 5. The first-order chi connectivity index (χ1) is 10.9. The van der Waals surface area contributed by atoms with Gasteiger partial charge in [0.2, 0.25) is 15.9 Å². The van der Waals surface area contributed by atoms with E-state index >= 15 is 0 Å². The van der Waals surface area contributed by atoms with Gasteiger partial charge in [-0.3, -0.25) is 4.79 Å². The van der Waals surface area contributed by atoms with Crippen molar-refractivity contribution in [3.8, 4) is 11.5 Å². The molecule has 1 aromatic carbocycles.